The van der Waals surface area contributed by atoms with Crippen molar-refractivity contribution >= 4 is 12.2 Å². The fourth-order valence-corrected chi connectivity index (χ4v) is 0.359. The molecule has 0 aromatic carbocycles. The smallest absolute Gasteiger partial charge is 0.233 e. The zero-order valence-electron chi connectivity index (χ0n) is 5.82. The van der Waals surface area contributed by atoms with Gasteiger partial charge in [-0.3, -0.25) is 9.59 Å². The van der Waals surface area contributed by atoms with Crippen LogP contribution in [0.2, 0.25) is 0 Å². The average Bonchev–Trinajstić information content (AvgIpc) is 1.86. The Bertz CT molecular complexity index is 129. The maximum atomic E-state index is 10.7. The lowest BCUT2D eigenvalue weighted by atomic mass is 9.95. The van der Waals surface area contributed by atoms with Crippen molar-refractivity contribution in [1.29, 1.82) is 0 Å². The summed E-state index contributed by atoms with van der Waals surface area (Å²) >= 11 is 0. The second-order valence-corrected chi connectivity index (χ2v) is 2.31. The van der Waals surface area contributed by atoms with Gasteiger partial charge < -0.3 is 5.32 Å². The summed E-state index contributed by atoms with van der Waals surface area (Å²) in [4.78, 5) is 20.7. The SMILES string of the molecule is CNC(=O)C(C)(C)[C]=O. The first kappa shape index (κ1) is 8.14. The number of rotatable bonds is 2. The van der Waals surface area contributed by atoms with Crippen LogP contribution >= 0.6 is 0 Å². The molecule has 0 saturated carbocycles. The van der Waals surface area contributed by atoms with E-state index in [1.54, 1.807) is 6.29 Å². The number of amides is 1. The highest BCUT2D eigenvalue weighted by Crippen LogP contribution is 2.09. The summed E-state index contributed by atoms with van der Waals surface area (Å²) in [5, 5.41) is 2.35. The molecule has 0 aliphatic heterocycles. The molecule has 3 nitrogen and oxygen atoms in total. The molecule has 1 N–H and O–H groups in total. The molecule has 0 aromatic rings. The van der Waals surface area contributed by atoms with Crippen LogP contribution in [0.15, 0.2) is 0 Å². The number of carbonyl (C=O) groups is 1. The molecule has 0 spiro atoms. The highest BCUT2D eigenvalue weighted by Gasteiger charge is 2.26. The van der Waals surface area contributed by atoms with Gasteiger partial charge in [-0.1, -0.05) is 0 Å². The van der Waals surface area contributed by atoms with E-state index in [0.717, 1.165) is 0 Å². The van der Waals surface area contributed by atoms with Gasteiger partial charge >= 0.3 is 0 Å². The van der Waals surface area contributed by atoms with Gasteiger partial charge in [0.1, 0.15) is 5.41 Å². The Hall–Kier alpha value is -0.860. The summed E-state index contributed by atoms with van der Waals surface area (Å²) in [5.41, 5.74) is -1.01. The summed E-state index contributed by atoms with van der Waals surface area (Å²) in [6, 6.07) is 0. The average molecular weight is 128 g/mol. The molecule has 0 fully saturated rings. The third kappa shape index (κ3) is 1.83. The first-order valence-electron chi connectivity index (χ1n) is 2.66. The van der Waals surface area contributed by atoms with Crippen molar-refractivity contribution < 1.29 is 9.59 Å². The predicted molar refractivity (Wildman–Crippen MR) is 33.5 cm³/mol. The fourth-order valence-electron chi connectivity index (χ4n) is 0.359. The number of carbonyl (C=O) groups excluding carboxylic acids is 2. The third-order valence-corrected chi connectivity index (χ3v) is 1.05. The predicted octanol–water partition coefficient (Wildman–Crippen LogP) is -0.132. The quantitative estimate of drug-likeness (QED) is 0.526. The molecular formula is C6H10NO2. The van der Waals surface area contributed by atoms with E-state index in [2.05, 4.69) is 5.32 Å². The van der Waals surface area contributed by atoms with Crippen LogP contribution in [0.4, 0.5) is 0 Å². The number of hydrogen-bond acceptors (Lipinski definition) is 2. The lowest BCUT2D eigenvalue weighted by molar-refractivity contribution is -0.125. The summed E-state index contributed by atoms with van der Waals surface area (Å²) in [7, 11) is 1.49. The molecule has 1 radical (unpaired) electrons. The molecule has 1 amide bonds. The molecule has 0 aliphatic carbocycles. The molecule has 0 aromatic heterocycles. The number of hydrogen-bond donors (Lipinski definition) is 1. The van der Waals surface area contributed by atoms with Crippen LogP contribution in [0.1, 0.15) is 13.8 Å². The summed E-state index contributed by atoms with van der Waals surface area (Å²) < 4.78 is 0. The molecule has 9 heavy (non-hydrogen) atoms. The van der Waals surface area contributed by atoms with Crippen molar-refractivity contribution in [2.75, 3.05) is 7.05 Å². The van der Waals surface area contributed by atoms with Crippen LogP contribution in [-0.4, -0.2) is 19.2 Å². The Kier molecular flexibility index (Phi) is 2.37. The monoisotopic (exact) mass is 128 g/mol. The normalized spacial score (nSPS) is 10.6. The first-order valence-corrected chi connectivity index (χ1v) is 2.66. The molecule has 0 heterocycles. The standard InChI is InChI=1S/C6H10NO2/c1-6(2,4-8)5(9)7-3/h1-3H3,(H,7,9). The summed E-state index contributed by atoms with van der Waals surface area (Å²) in [6.45, 7) is 3.03. The third-order valence-electron chi connectivity index (χ3n) is 1.05. The van der Waals surface area contributed by atoms with E-state index in [-0.39, 0.29) is 5.91 Å². The molecule has 3 heteroatoms. The summed E-state index contributed by atoms with van der Waals surface area (Å²) in [6.07, 6.45) is 1.63. The largest absolute Gasteiger partial charge is 0.358 e. The zero-order valence-corrected chi connectivity index (χ0v) is 5.82. The van der Waals surface area contributed by atoms with Gasteiger partial charge in [-0.15, -0.1) is 0 Å². The fraction of sp³-hybridized carbons (Fsp3) is 0.667. The Morgan fingerprint density at radius 3 is 2.11 bits per heavy atom. The minimum atomic E-state index is -1.01. The zero-order chi connectivity index (χ0) is 7.49. The van der Waals surface area contributed by atoms with Gasteiger partial charge in [-0.25, -0.2) is 0 Å². The minimum Gasteiger partial charge on any atom is -0.358 e. The van der Waals surface area contributed by atoms with Crippen LogP contribution in [0.3, 0.4) is 0 Å². The minimum absolute atomic E-state index is 0.308. The maximum absolute atomic E-state index is 10.7. The van der Waals surface area contributed by atoms with E-state index in [9.17, 15) is 9.59 Å². The van der Waals surface area contributed by atoms with E-state index < -0.39 is 5.41 Å². The first-order chi connectivity index (χ1) is 4.04. The van der Waals surface area contributed by atoms with Crippen molar-refractivity contribution in [3.63, 3.8) is 0 Å². The second-order valence-electron chi connectivity index (χ2n) is 2.31. The summed E-state index contributed by atoms with van der Waals surface area (Å²) in [5.74, 6) is -0.308. The van der Waals surface area contributed by atoms with E-state index >= 15 is 0 Å². The van der Waals surface area contributed by atoms with Gasteiger partial charge in [0.25, 0.3) is 0 Å². The number of nitrogens with one attached hydrogen (secondary N) is 1. The van der Waals surface area contributed by atoms with Crippen molar-refractivity contribution in [2.24, 2.45) is 5.41 Å². The van der Waals surface area contributed by atoms with Crippen LogP contribution in [0, 0.1) is 5.41 Å². The van der Waals surface area contributed by atoms with Crippen molar-refractivity contribution in [3.05, 3.63) is 0 Å². The van der Waals surface area contributed by atoms with E-state index in [4.69, 9.17) is 0 Å². The Morgan fingerprint density at radius 2 is 2.00 bits per heavy atom. The molecule has 0 unspecified atom stereocenters. The van der Waals surface area contributed by atoms with E-state index in [1.807, 2.05) is 0 Å². The van der Waals surface area contributed by atoms with Crippen molar-refractivity contribution in [2.45, 2.75) is 13.8 Å². The Balaban J connectivity index is 4.14. The molecule has 0 rings (SSSR count). The molecular weight excluding hydrogens is 118 g/mol. The molecule has 0 aliphatic rings. The Morgan fingerprint density at radius 1 is 1.56 bits per heavy atom. The van der Waals surface area contributed by atoms with Gasteiger partial charge in [0, 0.05) is 7.05 Å². The van der Waals surface area contributed by atoms with Crippen molar-refractivity contribution in [3.8, 4) is 0 Å². The topological polar surface area (TPSA) is 46.2 Å². The highest BCUT2D eigenvalue weighted by atomic mass is 16.2. The van der Waals surface area contributed by atoms with Gasteiger partial charge in [0.05, 0.1) is 0 Å². The lowest BCUT2D eigenvalue weighted by Crippen LogP contribution is -2.35. The second kappa shape index (κ2) is 2.62. The van der Waals surface area contributed by atoms with Crippen LogP contribution in [0.25, 0.3) is 0 Å². The molecule has 0 atom stereocenters. The van der Waals surface area contributed by atoms with Gasteiger partial charge in [0.15, 0.2) is 0 Å². The molecule has 51 valence electrons. The van der Waals surface area contributed by atoms with Crippen LogP contribution in [-0.2, 0) is 9.59 Å². The van der Waals surface area contributed by atoms with Crippen LogP contribution in [0.5, 0.6) is 0 Å². The lowest BCUT2D eigenvalue weighted by Gasteiger charge is -2.11. The van der Waals surface area contributed by atoms with Crippen molar-refractivity contribution in [1.82, 2.24) is 5.32 Å². The molecule has 0 saturated heterocycles. The Labute approximate surface area is 54.4 Å². The highest BCUT2D eigenvalue weighted by molar-refractivity contribution is 5.95. The van der Waals surface area contributed by atoms with Gasteiger partial charge in [-0.05, 0) is 13.8 Å². The molecule has 0 bridgehead atoms. The van der Waals surface area contributed by atoms with Gasteiger partial charge in [-0.2, -0.15) is 0 Å². The van der Waals surface area contributed by atoms with E-state index in [1.165, 1.54) is 20.9 Å². The maximum Gasteiger partial charge on any atom is 0.233 e. The van der Waals surface area contributed by atoms with Crippen LogP contribution < -0.4 is 5.32 Å². The van der Waals surface area contributed by atoms with Gasteiger partial charge in [0.2, 0.25) is 12.2 Å². The van der Waals surface area contributed by atoms with E-state index in [0.29, 0.717) is 0 Å².